The van der Waals surface area contributed by atoms with Crippen LogP contribution in [0.3, 0.4) is 0 Å². The molecule has 2 saturated carbocycles. The molecule has 48 heavy (non-hydrogen) atoms. The van der Waals surface area contributed by atoms with E-state index >= 15 is 0 Å². The number of urea groups is 1. The van der Waals surface area contributed by atoms with Crippen LogP contribution in [0.4, 0.5) is 27.5 Å². The number of nitrogens with two attached hydrogens (primary N) is 3. The quantitative estimate of drug-likeness (QED) is 0.153. The second-order valence-electron chi connectivity index (χ2n) is 13.1. The number of nitrogens with zero attached hydrogens (tertiary/aromatic N) is 3. The molecule has 2 unspecified atom stereocenters. The SMILES string of the molecule is CNc1ccc(NC(=O)Nc2cc(N(C)C)c3c(c2O)C(=O)C2C(=O)[C@]4(C#N)C(=O)C(C(N)=O)C(=O)[C@@H](N(C)C)[C@]4(N)C[C@]2(N)C3)cc1. The fourth-order valence-corrected chi connectivity index (χ4v) is 7.75. The molecule has 3 amide bonds. The third kappa shape index (κ3) is 4.61. The molecule has 3 aliphatic rings. The number of hydrogen-bond acceptors (Lipinski definition) is 13. The molecule has 5 rings (SSSR count). The van der Waals surface area contributed by atoms with Gasteiger partial charge in [0, 0.05) is 43.7 Å². The van der Waals surface area contributed by atoms with Crippen LogP contribution in [0.1, 0.15) is 22.3 Å². The normalized spacial score (nSPS) is 29.3. The van der Waals surface area contributed by atoms with Crippen LogP contribution in [0, 0.1) is 28.6 Å². The van der Waals surface area contributed by atoms with E-state index in [0.29, 0.717) is 11.4 Å². The van der Waals surface area contributed by atoms with Gasteiger partial charge in [-0.3, -0.25) is 28.9 Å². The maximum absolute atomic E-state index is 14.6. The van der Waals surface area contributed by atoms with E-state index in [4.69, 9.17) is 17.2 Å². The molecule has 2 aromatic carbocycles. The van der Waals surface area contributed by atoms with Crippen molar-refractivity contribution in [3.63, 3.8) is 0 Å². The molecule has 0 aliphatic heterocycles. The van der Waals surface area contributed by atoms with Crippen molar-refractivity contribution < 1.29 is 33.9 Å². The molecule has 0 heterocycles. The first kappa shape index (κ1) is 34.0. The van der Waals surface area contributed by atoms with Crippen molar-refractivity contribution in [1.82, 2.24) is 4.90 Å². The molecule has 0 aromatic heterocycles. The Labute approximate surface area is 275 Å². The summed E-state index contributed by atoms with van der Waals surface area (Å²) in [6.45, 7) is 0. The van der Waals surface area contributed by atoms with Crippen LogP contribution < -0.4 is 38.1 Å². The number of primary amides is 1. The van der Waals surface area contributed by atoms with Crippen molar-refractivity contribution in [2.45, 2.75) is 30.0 Å². The van der Waals surface area contributed by atoms with Gasteiger partial charge in [-0.1, -0.05) is 0 Å². The number of fused-ring (bicyclic) bond motifs is 3. The average molecular weight is 660 g/mol. The standard InChI is InChI=1S/C32H37N9O7/c1-37-14-6-8-15(9-7-14)38-29(48)39-17-10-18(40(2)3)16-11-30(35)12-32(36)25(41(4)5)24(44)20(28(34)47)26(45)31(32,13-33)27(46)21(30)23(43)19(16)22(17)42/h6-10,20-21,25,37,42H,11-12,35-36H2,1-5H3,(H2,34,47)(H2,38,39,48)/t20?,21?,25-,30-,31+,32-/m1/s1. The van der Waals surface area contributed by atoms with Gasteiger partial charge in [0.2, 0.25) is 5.91 Å². The summed E-state index contributed by atoms with van der Waals surface area (Å²) in [7, 11) is 7.91. The molecule has 0 bridgehead atoms. The lowest BCUT2D eigenvalue weighted by molar-refractivity contribution is -0.166. The summed E-state index contributed by atoms with van der Waals surface area (Å²) in [6.07, 6.45) is -0.790. The van der Waals surface area contributed by atoms with E-state index in [0.717, 1.165) is 5.69 Å². The van der Waals surface area contributed by atoms with E-state index in [1.807, 2.05) is 0 Å². The zero-order chi connectivity index (χ0) is 35.7. The van der Waals surface area contributed by atoms with Gasteiger partial charge in [-0.15, -0.1) is 0 Å². The summed E-state index contributed by atoms with van der Waals surface area (Å²) in [5.41, 5.74) is 13.5. The topological polar surface area (TPSA) is 267 Å². The third-order valence-electron chi connectivity index (χ3n) is 9.73. The van der Waals surface area contributed by atoms with Crippen molar-refractivity contribution in [1.29, 1.82) is 5.26 Å². The molecule has 0 saturated heterocycles. The number of carbonyl (C=O) groups excluding carboxylic acids is 6. The largest absolute Gasteiger partial charge is 0.505 e. The number of carbonyl (C=O) groups is 6. The molecule has 252 valence electrons. The van der Waals surface area contributed by atoms with Crippen LogP contribution in [-0.2, 0) is 25.6 Å². The lowest BCUT2D eigenvalue weighted by atomic mass is 9.42. The Balaban J connectivity index is 1.64. The first-order valence-electron chi connectivity index (χ1n) is 14.9. The maximum atomic E-state index is 14.6. The number of rotatable bonds is 6. The summed E-state index contributed by atoms with van der Waals surface area (Å²) in [6, 6.07) is 7.61. The fraction of sp³-hybridized carbons (Fsp3) is 0.406. The Morgan fingerprint density at radius 2 is 1.60 bits per heavy atom. The van der Waals surface area contributed by atoms with E-state index in [9.17, 15) is 39.1 Å². The van der Waals surface area contributed by atoms with Gasteiger partial charge in [0.1, 0.15) is 11.7 Å². The highest BCUT2D eigenvalue weighted by Gasteiger charge is 2.78. The van der Waals surface area contributed by atoms with Crippen molar-refractivity contribution >= 4 is 57.8 Å². The van der Waals surface area contributed by atoms with Crippen LogP contribution >= 0.6 is 0 Å². The average Bonchev–Trinajstić information content (AvgIpc) is 2.97. The van der Waals surface area contributed by atoms with Crippen molar-refractivity contribution in [2.24, 2.45) is 34.5 Å². The minimum absolute atomic E-state index is 0.174. The van der Waals surface area contributed by atoms with Gasteiger partial charge >= 0.3 is 6.03 Å². The molecular formula is C32H37N9O7. The maximum Gasteiger partial charge on any atom is 0.323 e. The molecule has 16 heteroatoms. The lowest BCUT2D eigenvalue weighted by Crippen LogP contribution is -2.85. The second kappa shape index (κ2) is 11.4. The number of anilines is 4. The summed E-state index contributed by atoms with van der Waals surface area (Å²) < 4.78 is 0. The molecule has 2 fully saturated rings. The summed E-state index contributed by atoms with van der Waals surface area (Å²) in [5.74, 6) is -10.8. The number of Topliss-reactive ketones (excluding diaryl/α,β-unsaturated/α-hetero) is 4. The number of ketones is 4. The minimum Gasteiger partial charge on any atom is -0.505 e. The molecular weight excluding hydrogens is 622 g/mol. The first-order valence-corrected chi connectivity index (χ1v) is 14.9. The molecule has 3 aliphatic carbocycles. The van der Waals surface area contributed by atoms with Crippen LogP contribution in [0.5, 0.6) is 5.75 Å². The lowest BCUT2D eigenvalue weighted by Gasteiger charge is -2.60. The van der Waals surface area contributed by atoms with E-state index in [-0.39, 0.29) is 23.2 Å². The van der Waals surface area contributed by atoms with Crippen LogP contribution in [0.15, 0.2) is 30.3 Å². The number of nitriles is 1. The van der Waals surface area contributed by atoms with Gasteiger partial charge in [0.25, 0.3) is 0 Å². The van der Waals surface area contributed by atoms with E-state index < -0.39 is 81.6 Å². The van der Waals surface area contributed by atoms with Crippen molar-refractivity contribution in [2.75, 3.05) is 56.1 Å². The molecule has 0 spiro atoms. The number of aromatic hydroxyl groups is 1. The van der Waals surface area contributed by atoms with Crippen molar-refractivity contribution in [3.05, 3.63) is 41.5 Å². The monoisotopic (exact) mass is 659 g/mol. The first-order chi connectivity index (χ1) is 22.4. The van der Waals surface area contributed by atoms with Crippen LogP contribution in [0.25, 0.3) is 0 Å². The van der Waals surface area contributed by atoms with Crippen LogP contribution in [-0.4, -0.2) is 97.4 Å². The van der Waals surface area contributed by atoms with Gasteiger partial charge in [0.15, 0.2) is 34.5 Å². The highest BCUT2D eigenvalue weighted by Crippen LogP contribution is 2.57. The molecule has 10 N–H and O–H groups in total. The Morgan fingerprint density at radius 1 is 1.00 bits per heavy atom. The second-order valence-corrected chi connectivity index (χ2v) is 13.1. The highest BCUT2D eigenvalue weighted by atomic mass is 16.3. The van der Waals surface area contributed by atoms with Gasteiger partial charge in [-0.2, -0.15) is 5.26 Å². The van der Waals surface area contributed by atoms with Crippen LogP contribution in [0.2, 0.25) is 0 Å². The Hall–Kier alpha value is -5.37. The summed E-state index contributed by atoms with van der Waals surface area (Å²) in [4.78, 5) is 84.8. The number of hydrogen-bond donors (Lipinski definition) is 7. The zero-order valence-corrected chi connectivity index (χ0v) is 27.0. The Morgan fingerprint density at radius 3 is 2.12 bits per heavy atom. The number of likely N-dealkylation sites (N-methyl/N-ethyl adjacent to an activating group) is 1. The molecule has 2 aromatic rings. The van der Waals surface area contributed by atoms with Gasteiger partial charge in [-0.25, -0.2) is 4.79 Å². The summed E-state index contributed by atoms with van der Waals surface area (Å²) >= 11 is 0. The van der Waals surface area contributed by atoms with Crippen molar-refractivity contribution in [3.8, 4) is 11.8 Å². The van der Waals surface area contributed by atoms with E-state index in [1.165, 1.54) is 25.1 Å². The van der Waals surface area contributed by atoms with Gasteiger partial charge in [0.05, 0.1) is 28.9 Å². The highest BCUT2D eigenvalue weighted by molar-refractivity contribution is 6.33. The smallest absolute Gasteiger partial charge is 0.323 e. The summed E-state index contributed by atoms with van der Waals surface area (Å²) in [5, 5.41) is 30.2. The number of nitrogens with one attached hydrogen (secondary N) is 3. The third-order valence-corrected chi connectivity index (χ3v) is 9.73. The number of phenolic OH excluding ortho intramolecular Hbond substituents is 1. The minimum atomic E-state index is -2.87. The molecule has 0 radical (unpaired) electrons. The number of phenols is 1. The number of benzene rings is 2. The predicted molar refractivity (Wildman–Crippen MR) is 174 cm³/mol. The molecule has 16 nitrogen and oxygen atoms in total. The van der Waals surface area contributed by atoms with E-state index in [1.54, 1.807) is 56.4 Å². The zero-order valence-electron chi connectivity index (χ0n) is 27.0. The fourth-order valence-electron chi connectivity index (χ4n) is 7.75. The van der Waals surface area contributed by atoms with Gasteiger partial charge in [-0.05, 0) is 62.8 Å². The Bertz CT molecular complexity index is 1840. The number of amides is 3. The van der Waals surface area contributed by atoms with E-state index in [2.05, 4.69) is 16.0 Å². The predicted octanol–water partition coefficient (Wildman–Crippen LogP) is -0.440. The Kier molecular flexibility index (Phi) is 8.07. The van der Waals surface area contributed by atoms with Gasteiger partial charge < -0.3 is 43.2 Å². The molecule has 6 atom stereocenters.